The van der Waals surface area contributed by atoms with E-state index in [2.05, 4.69) is 10.0 Å². The molecule has 1 saturated heterocycles. The highest BCUT2D eigenvalue weighted by molar-refractivity contribution is 7.92. The highest BCUT2D eigenvalue weighted by Gasteiger charge is 2.17. The molecule has 1 aliphatic rings. The summed E-state index contributed by atoms with van der Waals surface area (Å²) in [6.45, 7) is 3.57. The summed E-state index contributed by atoms with van der Waals surface area (Å²) in [6.07, 6.45) is 0. The number of piperazine rings is 1. The van der Waals surface area contributed by atoms with E-state index in [0.717, 1.165) is 17.8 Å². The van der Waals surface area contributed by atoms with Crippen molar-refractivity contribution in [2.45, 2.75) is 11.8 Å². The average Bonchev–Trinajstić information content (AvgIpc) is 2.55. The van der Waals surface area contributed by atoms with Crippen LogP contribution >= 0.6 is 0 Å². The Labute approximate surface area is 141 Å². The van der Waals surface area contributed by atoms with Crippen molar-refractivity contribution in [3.63, 3.8) is 0 Å². The van der Waals surface area contributed by atoms with E-state index in [1.54, 1.807) is 36.4 Å². The van der Waals surface area contributed by atoms with Crippen molar-refractivity contribution in [3.05, 3.63) is 54.1 Å². The van der Waals surface area contributed by atoms with Crippen LogP contribution in [-0.4, -0.2) is 34.0 Å². The van der Waals surface area contributed by atoms with Crippen molar-refractivity contribution < 1.29 is 13.2 Å². The maximum absolute atomic E-state index is 12.4. The fraction of sp³-hybridized carbons (Fsp3) is 0.235. The second-order valence-corrected chi connectivity index (χ2v) is 7.42. The van der Waals surface area contributed by atoms with Crippen LogP contribution in [0.25, 0.3) is 0 Å². The Morgan fingerprint density at radius 3 is 2.33 bits per heavy atom. The number of nitrogens with one attached hydrogen (secondary N) is 2. The normalized spacial score (nSPS) is 15.0. The summed E-state index contributed by atoms with van der Waals surface area (Å²) in [4.78, 5) is 13.6. The minimum absolute atomic E-state index is 0.00889. The predicted octanol–water partition coefficient (Wildman–Crippen LogP) is 1.73. The molecule has 7 heteroatoms. The summed E-state index contributed by atoms with van der Waals surface area (Å²) in [5, 5.41) is 2.77. The van der Waals surface area contributed by atoms with E-state index in [1.165, 1.54) is 0 Å². The summed E-state index contributed by atoms with van der Waals surface area (Å²) < 4.78 is 27.3. The van der Waals surface area contributed by atoms with E-state index in [-0.39, 0.29) is 10.8 Å². The summed E-state index contributed by atoms with van der Waals surface area (Å²) in [7, 11) is -3.60. The third kappa shape index (κ3) is 3.68. The van der Waals surface area contributed by atoms with Crippen molar-refractivity contribution >= 4 is 27.3 Å². The molecule has 2 aromatic carbocycles. The van der Waals surface area contributed by atoms with Gasteiger partial charge < -0.3 is 10.2 Å². The van der Waals surface area contributed by atoms with E-state index < -0.39 is 10.0 Å². The van der Waals surface area contributed by atoms with Gasteiger partial charge in [0.2, 0.25) is 5.91 Å². The molecule has 24 heavy (non-hydrogen) atoms. The maximum Gasteiger partial charge on any atom is 0.261 e. The Hall–Kier alpha value is -2.54. The largest absolute Gasteiger partial charge is 0.360 e. The van der Waals surface area contributed by atoms with Crippen molar-refractivity contribution in [1.82, 2.24) is 5.32 Å². The van der Waals surface area contributed by atoms with Gasteiger partial charge in [-0.25, -0.2) is 8.42 Å². The first kappa shape index (κ1) is 16.3. The van der Waals surface area contributed by atoms with Crippen LogP contribution < -0.4 is 14.9 Å². The van der Waals surface area contributed by atoms with Crippen LogP contribution in [0.5, 0.6) is 0 Å². The fourth-order valence-corrected chi connectivity index (χ4v) is 3.59. The number of anilines is 2. The van der Waals surface area contributed by atoms with Crippen molar-refractivity contribution in [2.24, 2.45) is 0 Å². The van der Waals surface area contributed by atoms with Crippen LogP contribution in [0.3, 0.4) is 0 Å². The zero-order chi connectivity index (χ0) is 17.2. The topological polar surface area (TPSA) is 78.5 Å². The molecule has 0 unspecified atom stereocenters. The van der Waals surface area contributed by atoms with Crippen LogP contribution in [0.1, 0.15) is 5.56 Å². The number of aryl methyl sites for hydroxylation is 1. The Bertz CT molecular complexity index is 830. The van der Waals surface area contributed by atoms with Gasteiger partial charge in [0, 0.05) is 24.5 Å². The van der Waals surface area contributed by atoms with Gasteiger partial charge >= 0.3 is 0 Å². The molecule has 2 aromatic rings. The highest BCUT2D eigenvalue weighted by atomic mass is 32.2. The first-order chi connectivity index (χ1) is 11.4. The van der Waals surface area contributed by atoms with E-state index in [1.807, 2.05) is 24.0 Å². The van der Waals surface area contributed by atoms with E-state index >= 15 is 0 Å². The molecule has 1 heterocycles. The molecule has 0 aromatic heterocycles. The van der Waals surface area contributed by atoms with Crippen LogP contribution in [0.15, 0.2) is 53.4 Å². The Kier molecular flexibility index (Phi) is 4.44. The Morgan fingerprint density at radius 2 is 1.71 bits per heavy atom. The van der Waals surface area contributed by atoms with Gasteiger partial charge in [0.25, 0.3) is 10.0 Å². The predicted molar refractivity (Wildman–Crippen MR) is 93.7 cm³/mol. The van der Waals surface area contributed by atoms with E-state index in [0.29, 0.717) is 18.8 Å². The molecule has 1 fully saturated rings. The molecule has 1 aliphatic heterocycles. The number of amides is 1. The van der Waals surface area contributed by atoms with Gasteiger partial charge in [0.05, 0.1) is 11.4 Å². The molecule has 0 saturated carbocycles. The number of hydrogen-bond acceptors (Lipinski definition) is 4. The first-order valence-corrected chi connectivity index (χ1v) is 9.13. The van der Waals surface area contributed by atoms with E-state index in [9.17, 15) is 13.2 Å². The van der Waals surface area contributed by atoms with Crippen molar-refractivity contribution in [2.75, 3.05) is 29.3 Å². The molecular weight excluding hydrogens is 326 g/mol. The molecule has 0 radical (unpaired) electrons. The minimum atomic E-state index is -3.60. The van der Waals surface area contributed by atoms with E-state index in [4.69, 9.17) is 0 Å². The number of rotatable bonds is 4. The second-order valence-electron chi connectivity index (χ2n) is 5.74. The maximum atomic E-state index is 12.4. The smallest absolute Gasteiger partial charge is 0.261 e. The van der Waals surface area contributed by atoms with Gasteiger partial charge in [-0.05, 0) is 43.3 Å². The number of sulfonamides is 1. The van der Waals surface area contributed by atoms with Crippen LogP contribution in [-0.2, 0) is 14.8 Å². The zero-order valence-electron chi connectivity index (χ0n) is 13.3. The fourth-order valence-electron chi connectivity index (χ4n) is 2.53. The van der Waals surface area contributed by atoms with Gasteiger partial charge in [-0.15, -0.1) is 0 Å². The van der Waals surface area contributed by atoms with Crippen LogP contribution in [0.4, 0.5) is 11.4 Å². The van der Waals surface area contributed by atoms with Gasteiger partial charge in [-0.3, -0.25) is 9.52 Å². The number of benzene rings is 2. The van der Waals surface area contributed by atoms with Crippen LogP contribution in [0.2, 0.25) is 0 Å². The lowest BCUT2D eigenvalue weighted by Crippen LogP contribution is -2.47. The van der Waals surface area contributed by atoms with Gasteiger partial charge in [-0.2, -0.15) is 0 Å². The summed E-state index contributed by atoms with van der Waals surface area (Å²) in [5.41, 5.74) is 2.38. The lowest BCUT2D eigenvalue weighted by atomic mass is 10.2. The Morgan fingerprint density at radius 1 is 1.04 bits per heavy atom. The summed E-state index contributed by atoms with van der Waals surface area (Å²) in [6, 6.07) is 13.7. The monoisotopic (exact) mass is 345 g/mol. The van der Waals surface area contributed by atoms with Gasteiger partial charge in [0.1, 0.15) is 0 Å². The lowest BCUT2D eigenvalue weighted by molar-refractivity contribution is -0.120. The first-order valence-electron chi connectivity index (χ1n) is 7.65. The highest BCUT2D eigenvalue weighted by Crippen LogP contribution is 2.21. The molecule has 1 amide bonds. The zero-order valence-corrected chi connectivity index (χ0v) is 14.1. The summed E-state index contributed by atoms with van der Waals surface area (Å²) in [5.74, 6) is -0.00889. The lowest BCUT2D eigenvalue weighted by Gasteiger charge is -2.28. The molecule has 2 N–H and O–H groups in total. The number of hydrogen-bond donors (Lipinski definition) is 2. The molecule has 0 spiro atoms. The molecule has 6 nitrogen and oxygen atoms in total. The SMILES string of the molecule is Cc1ccc(S(=O)(=O)Nc2ccc(N3CCNC(=O)C3)cc2)cc1. The van der Waals surface area contributed by atoms with Crippen molar-refractivity contribution in [1.29, 1.82) is 0 Å². The van der Waals surface area contributed by atoms with Gasteiger partial charge in [-0.1, -0.05) is 17.7 Å². The third-order valence-electron chi connectivity index (χ3n) is 3.85. The van der Waals surface area contributed by atoms with Gasteiger partial charge in [0.15, 0.2) is 0 Å². The minimum Gasteiger partial charge on any atom is -0.360 e. The second kappa shape index (κ2) is 6.52. The molecule has 3 rings (SSSR count). The molecule has 0 aliphatic carbocycles. The quantitative estimate of drug-likeness (QED) is 0.885. The van der Waals surface area contributed by atoms with Crippen LogP contribution in [0, 0.1) is 6.92 Å². The average molecular weight is 345 g/mol. The number of nitrogens with zero attached hydrogens (tertiary/aromatic N) is 1. The molecule has 0 bridgehead atoms. The summed E-state index contributed by atoms with van der Waals surface area (Å²) >= 11 is 0. The molecular formula is C17H19N3O3S. The third-order valence-corrected chi connectivity index (χ3v) is 5.25. The Balaban J connectivity index is 1.74. The number of carbonyl (C=O) groups excluding carboxylic acids is 1. The molecule has 126 valence electrons. The standard InChI is InChI=1S/C17H19N3O3S/c1-13-2-8-16(9-3-13)24(22,23)19-14-4-6-15(7-5-14)20-11-10-18-17(21)12-20/h2-9,19H,10-12H2,1H3,(H,18,21). The van der Waals surface area contributed by atoms with Crippen molar-refractivity contribution in [3.8, 4) is 0 Å². The number of carbonyl (C=O) groups is 1. The molecule has 0 atom stereocenters.